The van der Waals surface area contributed by atoms with Crippen LogP contribution in [0.3, 0.4) is 0 Å². The third kappa shape index (κ3) is 3.50. The van der Waals surface area contributed by atoms with E-state index in [9.17, 15) is 17.6 Å². The summed E-state index contributed by atoms with van der Waals surface area (Å²) in [6.07, 6.45) is 2.94. The Morgan fingerprint density at radius 1 is 1.17 bits per heavy atom. The van der Waals surface area contributed by atoms with Crippen LogP contribution in [-0.2, 0) is 9.84 Å². The molecule has 1 amide bonds. The van der Waals surface area contributed by atoms with E-state index in [1.54, 1.807) is 4.90 Å². The standard InChI is InChI=1S/C21H18ClFN2O4S/c1-29-19-7-5-14(11-17(19)22)30(27,28)20-15-10-13(23)4-6-18(15)24-12-16(20)21(26)25-8-2-3-9-25/h4-7,10-12H,2-3,8-9H2,1H3. The lowest BCUT2D eigenvalue weighted by Crippen LogP contribution is -2.29. The van der Waals surface area contributed by atoms with Gasteiger partial charge in [0, 0.05) is 24.7 Å². The second-order valence-corrected chi connectivity index (χ2v) is 9.26. The molecule has 1 aliphatic heterocycles. The normalized spacial score (nSPS) is 14.3. The third-order valence-corrected chi connectivity index (χ3v) is 7.25. The van der Waals surface area contributed by atoms with Crippen LogP contribution in [0.5, 0.6) is 5.75 Å². The van der Waals surface area contributed by atoms with Gasteiger partial charge in [-0.2, -0.15) is 0 Å². The quantitative estimate of drug-likeness (QED) is 0.600. The second-order valence-electron chi connectivity index (χ2n) is 6.96. The zero-order valence-corrected chi connectivity index (χ0v) is 17.6. The number of nitrogens with zero attached hydrogens (tertiary/aromatic N) is 2. The van der Waals surface area contributed by atoms with E-state index in [1.807, 2.05) is 0 Å². The number of likely N-dealkylation sites (tertiary alicyclic amines) is 1. The number of methoxy groups -OCH3 is 1. The van der Waals surface area contributed by atoms with Crippen molar-refractivity contribution in [2.24, 2.45) is 0 Å². The fourth-order valence-corrected chi connectivity index (χ4v) is 5.57. The van der Waals surface area contributed by atoms with Crippen molar-refractivity contribution >= 4 is 38.2 Å². The fourth-order valence-electron chi connectivity index (χ4n) is 3.61. The Labute approximate surface area is 178 Å². The number of pyridine rings is 1. The summed E-state index contributed by atoms with van der Waals surface area (Å²) in [4.78, 5) is 18.5. The number of carbonyl (C=O) groups excluding carboxylic acids is 1. The maximum Gasteiger partial charge on any atom is 0.256 e. The molecule has 4 rings (SSSR count). The number of benzene rings is 2. The summed E-state index contributed by atoms with van der Waals surface area (Å²) in [7, 11) is -2.81. The van der Waals surface area contributed by atoms with Crippen molar-refractivity contribution in [2.45, 2.75) is 22.6 Å². The molecule has 1 saturated heterocycles. The minimum Gasteiger partial charge on any atom is -0.495 e. The number of ether oxygens (including phenoxy) is 1. The number of amides is 1. The highest BCUT2D eigenvalue weighted by molar-refractivity contribution is 7.91. The highest BCUT2D eigenvalue weighted by Gasteiger charge is 2.31. The van der Waals surface area contributed by atoms with Gasteiger partial charge in [0.05, 0.1) is 33.0 Å². The number of hydrogen-bond acceptors (Lipinski definition) is 5. The van der Waals surface area contributed by atoms with E-state index in [0.29, 0.717) is 18.8 Å². The number of hydrogen-bond donors (Lipinski definition) is 0. The van der Waals surface area contributed by atoms with Crippen LogP contribution in [0.4, 0.5) is 4.39 Å². The molecular formula is C21H18ClFN2O4S. The molecule has 0 saturated carbocycles. The summed E-state index contributed by atoms with van der Waals surface area (Å²) in [6, 6.07) is 7.69. The molecule has 30 heavy (non-hydrogen) atoms. The maximum atomic E-state index is 14.0. The molecule has 0 atom stereocenters. The van der Waals surface area contributed by atoms with Crippen LogP contribution in [0, 0.1) is 5.82 Å². The summed E-state index contributed by atoms with van der Waals surface area (Å²) in [5.74, 6) is -0.752. The van der Waals surface area contributed by atoms with E-state index in [1.165, 1.54) is 43.6 Å². The maximum absolute atomic E-state index is 14.0. The Hall–Kier alpha value is -2.71. The van der Waals surface area contributed by atoms with E-state index in [4.69, 9.17) is 16.3 Å². The molecule has 1 aromatic heterocycles. The number of sulfone groups is 1. The van der Waals surface area contributed by atoms with Gasteiger partial charge in [0.25, 0.3) is 5.91 Å². The van der Waals surface area contributed by atoms with Crippen LogP contribution < -0.4 is 4.74 Å². The molecular weight excluding hydrogens is 431 g/mol. The lowest BCUT2D eigenvalue weighted by molar-refractivity contribution is 0.0789. The molecule has 0 radical (unpaired) electrons. The largest absolute Gasteiger partial charge is 0.495 e. The zero-order chi connectivity index (χ0) is 21.5. The first-order valence-corrected chi connectivity index (χ1v) is 11.1. The Kier molecular flexibility index (Phi) is 5.38. The van der Waals surface area contributed by atoms with Gasteiger partial charge in [-0.3, -0.25) is 9.78 Å². The molecule has 9 heteroatoms. The van der Waals surface area contributed by atoms with Crippen LogP contribution in [0.15, 0.2) is 52.4 Å². The first kappa shape index (κ1) is 20.6. The van der Waals surface area contributed by atoms with Gasteiger partial charge in [0.15, 0.2) is 0 Å². The summed E-state index contributed by atoms with van der Waals surface area (Å²) in [5.41, 5.74) is 0.189. The predicted molar refractivity (Wildman–Crippen MR) is 110 cm³/mol. The van der Waals surface area contributed by atoms with Crippen molar-refractivity contribution in [2.75, 3.05) is 20.2 Å². The van der Waals surface area contributed by atoms with Crippen molar-refractivity contribution in [1.29, 1.82) is 0 Å². The smallest absolute Gasteiger partial charge is 0.256 e. The molecule has 2 aromatic carbocycles. The summed E-state index contributed by atoms with van der Waals surface area (Å²) < 4.78 is 46.4. The molecule has 156 valence electrons. The van der Waals surface area contributed by atoms with E-state index in [-0.39, 0.29) is 31.3 Å². The Morgan fingerprint density at radius 2 is 1.90 bits per heavy atom. The van der Waals surface area contributed by atoms with Crippen molar-refractivity contribution in [3.63, 3.8) is 0 Å². The van der Waals surface area contributed by atoms with Gasteiger partial charge >= 0.3 is 0 Å². The van der Waals surface area contributed by atoms with Gasteiger partial charge in [0.2, 0.25) is 9.84 Å². The van der Waals surface area contributed by atoms with Crippen molar-refractivity contribution < 1.29 is 22.3 Å². The second kappa shape index (κ2) is 7.85. The average Bonchev–Trinajstić information content (AvgIpc) is 3.27. The van der Waals surface area contributed by atoms with E-state index >= 15 is 0 Å². The van der Waals surface area contributed by atoms with Crippen LogP contribution in [0.1, 0.15) is 23.2 Å². The molecule has 0 spiro atoms. The van der Waals surface area contributed by atoms with Crippen LogP contribution in [0.25, 0.3) is 10.9 Å². The Bertz CT molecular complexity index is 1260. The summed E-state index contributed by atoms with van der Waals surface area (Å²) >= 11 is 6.14. The minimum atomic E-state index is -4.23. The van der Waals surface area contributed by atoms with E-state index in [2.05, 4.69) is 4.98 Å². The lowest BCUT2D eigenvalue weighted by atomic mass is 10.1. The molecule has 1 fully saturated rings. The number of aromatic nitrogens is 1. The van der Waals surface area contributed by atoms with Crippen molar-refractivity contribution in [3.8, 4) is 5.75 Å². The fraction of sp³-hybridized carbons (Fsp3) is 0.238. The minimum absolute atomic E-state index is 0.0481. The Balaban J connectivity index is 1.99. The predicted octanol–water partition coefficient (Wildman–Crippen LogP) is 4.10. The monoisotopic (exact) mass is 448 g/mol. The SMILES string of the molecule is COc1ccc(S(=O)(=O)c2c(C(=O)N3CCCC3)cnc3ccc(F)cc23)cc1Cl. The summed E-state index contributed by atoms with van der Waals surface area (Å²) in [5, 5.41) is 0.155. The molecule has 0 unspecified atom stereocenters. The average molecular weight is 449 g/mol. The van der Waals surface area contributed by atoms with Crippen LogP contribution in [-0.4, -0.2) is 44.4 Å². The van der Waals surface area contributed by atoms with Gasteiger partial charge in [-0.15, -0.1) is 0 Å². The van der Waals surface area contributed by atoms with Gasteiger partial charge in [-0.1, -0.05) is 11.6 Å². The van der Waals surface area contributed by atoms with E-state index in [0.717, 1.165) is 18.9 Å². The number of rotatable bonds is 4. The Morgan fingerprint density at radius 3 is 2.57 bits per heavy atom. The molecule has 1 aliphatic rings. The molecule has 0 aliphatic carbocycles. The molecule has 6 nitrogen and oxygen atoms in total. The first-order chi connectivity index (χ1) is 14.3. The lowest BCUT2D eigenvalue weighted by Gasteiger charge is -2.19. The van der Waals surface area contributed by atoms with Crippen LogP contribution in [0.2, 0.25) is 5.02 Å². The highest BCUT2D eigenvalue weighted by atomic mass is 35.5. The number of carbonyl (C=O) groups is 1. The molecule has 3 aromatic rings. The van der Waals surface area contributed by atoms with Crippen molar-refractivity contribution in [1.82, 2.24) is 9.88 Å². The van der Waals surface area contributed by atoms with Gasteiger partial charge in [0.1, 0.15) is 11.6 Å². The molecule has 2 heterocycles. The van der Waals surface area contributed by atoms with Gasteiger partial charge in [-0.25, -0.2) is 12.8 Å². The van der Waals surface area contributed by atoms with E-state index < -0.39 is 21.6 Å². The first-order valence-electron chi connectivity index (χ1n) is 9.29. The molecule has 0 N–H and O–H groups in total. The zero-order valence-electron chi connectivity index (χ0n) is 16.1. The number of fused-ring (bicyclic) bond motifs is 1. The molecule has 0 bridgehead atoms. The summed E-state index contributed by atoms with van der Waals surface area (Å²) in [6.45, 7) is 1.07. The van der Waals surface area contributed by atoms with Gasteiger partial charge < -0.3 is 9.64 Å². The van der Waals surface area contributed by atoms with Crippen molar-refractivity contribution in [3.05, 3.63) is 59.0 Å². The topological polar surface area (TPSA) is 76.6 Å². The third-order valence-electron chi connectivity index (χ3n) is 5.11. The van der Waals surface area contributed by atoms with Crippen LogP contribution >= 0.6 is 11.6 Å². The number of halogens is 2. The highest BCUT2D eigenvalue weighted by Crippen LogP contribution is 2.35. The van der Waals surface area contributed by atoms with Gasteiger partial charge in [-0.05, 0) is 49.2 Å².